The van der Waals surface area contributed by atoms with Crippen LogP contribution in [0.4, 0.5) is 5.69 Å². The van der Waals surface area contributed by atoms with Crippen molar-refractivity contribution in [2.75, 3.05) is 5.32 Å². The standard InChI is InChI=1S/C12H14BrCl2N3O2/c1-2-3-6(11(16)18-20)12(19)17-8-5-4-7(13)9(14)10(8)15/h4-6,20H,2-3H2,1H3,(H2,16,18)(H,17,19). The van der Waals surface area contributed by atoms with Crippen LogP contribution in [0.15, 0.2) is 21.8 Å². The van der Waals surface area contributed by atoms with Crippen LogP contribution in [-0.4, -0.2) is 17.0 Å². The van der Waals surface area contributed by atoms with Crippen LogP contribution in [0.2, 0.25) is 10.0 Å². The van der Waals surface area contributed by atoms with Gasteiger partial charge in [0.2, 0.25) is 5.91 Å². The molecule has 0 bridgehead atoms. The Kier molecular flexibility index (Phi) is 6.58. The Morgan fingerprint density at radius 1 is 1.50 bits per heavy atom. The number of anilines is 1. The van der Waals surface area contributed by atoms with Crippen molar-refractivity contribution in [3.63, 3.8) is 0 Å². The van der Waals surface area contributed by atoms with E-state index in [1.54, 1.807) is 12.1 Å². The summed E-state index contributed by atoms with van der Waals surface area (Å²) < 4.78 is 0.628. The molecule has 1 atom stereocenters. The van der Waals surface area contributed by atoms with Gasteiger partial charge in [0.15, 0.2) is 5.84 Å². The molecule has 5 nitrogen and oxygen atoms in total. The molecule has 110 valence electrons. The third-order valence-electron chi connectivity index (χ3n) is 2.66. The van der Waals surface area contributed by atoms with Gasteiger partial charge in [0.1, 0.15) is 0 Å². The molecule has 0 spiro atoms. The van der Waals surface area contributed by atoms with Crippen LogP contribution in [-0.2, 0) is 4.79 Å². The molecule has 0 heterocycles. The first-order valence-corrected chi connectivity index (χ1v) is 7.39. The Morgan fingerprint density at radius 3 is 2.70 bits per heavy atom. The van der Waals surface area contributed by atoms with E-state index in [1.165, 1.54) is 0 Å². The molecule has 0 saturated carbocycles. The highest BCUT2D eigenvalue weighted by atomic mass is 79.9. The summed E-state index contributed by atoms with van der Waals surface area (Å²) in [4.78, 5) is 12.2. The second kappa shape index (κ2) is 7.71. The summed E-state index contributed by atoms with van der Waals surface area (Å²) in [5, 5.41) is 14.8. The largest absolute Gasteiger partial charge is 0.409 e. The fourth-order valence-electron chi connectivity index (χ4n) is 1.61. The van der Waals surface area contributed by atoms with Crippen molar-refractivity contribution in [3.05, 3.63) is 26.7 Å². The van der Waals surface area contributed by atoms with Crippen molar-refractivity contribution in [1.29, 1.82) is 0 Å². The third-order valence-corrected chi connectivity index (χ3v) is 4.43. The molecule has 0 radical (unpaired) electrons. The predicted molar refractivity (Wildman–Crippen MR) is 84.6 cm³/mol. The van der Waals surface area contributed by atoms with Gasteiger partial charge in [-0.3, -0.25) is 4.79 Å². The number of nitrogens with one attached hydrogen (secondary N) is 1. The molecule has 1 unspecified atom stereocenters. The molecule has 4 N–H and O–H groups in total. The van der Waals surface area contributed by atoms with Crippen molar-refractivity contribution < 1.29 is 10.0 Å². The number of amides is 1. The first-order valence-electron chi connectivity index (χ1n) is 5.84. The molecule has 0 fully saturated rings. The minimum atomic E-state index is -0.719. The number of rotatable bonds is 5. The Hall–Kier alpha value is -0.980. The highest BCUT2D eigenvalue weighted by molar-refractivity contribution is 9.10. The van der Waals surface area contributed by atoms with Crippen LogP contribution in [0.5, 0.6) is 0 Å². The van der Waals surface area contributed by atoms with Crippen LogP contribution in [0.3, 0.4) is 0 Å². The summed E-state index contributed by atoms with van der Waals surface area (Å²) in [5.74, 6) is -1.25. The lowest BCUT2D eigenvalue weighted by molar-refractivity contribution is -0.118. The SMILES string of the molecule is CCCC(C(=O)Nc1ccc(Br)c(Cl)c1Cl)/C(N)=N/O. The number of nitrogens with two attached hydrogens (primary N) is 1. The van der Waals surface area contributed by atoms with E-state index < -0.39 is 11.8 Å². The number of nitrogens with zero attached hydrogens (tertiary/aromatic N) is 1. The van der Waals surface area contributed by atoms with Crippen LogP contribution in [0.1, 0.15) is 19.8 Å². The van der Waals surface area contributed by atoms with E-state index in [9.17, 15) is 4.79 Å². The van der Waals surface area contributed by atoms with Gasteiger partial charge in [0.05, 0.1) is 21.7 Å². The minimum absolute atomic E-state index is 0.135. The topological polar surface area (TPSA) is 87.7 Å². The van der Waals surface area contributed by atoms with E-state index in [0.717, 1.165) is 0 Å². The lowest BCUT2D eigenvalue weighted by Crippen LogP contribution is -2.34. The number of hydrogen-bond acceptors (Lipinski definition) is 3. The zero-order valence-electron chi connectivity index (χ0n) is 10.7. The number of hydrogen-bond donors (Lipinski definition) is 3. The third kappa shape index (κ3) is 4.01. The summed E-state index contributed by atoms with van der Waals surface area (Å²) in [7, 11) is 0. The Morgan fingerprint density at radius 2 is 2.15 bits per heavy atom. The number of benzene rings is 1. The molecule has 0 aliphatic heterocycles. The maximum absolute atomic E-state index is 12.2. The van der Waals surface area contributed by atoms with Gasteiger partial charge in [-0.25, -0.2) is 0 Å². The fourth-order valence-corrected chi connectivity index (χ4v) is 2.44. The molecular weight excluding hydrogens is 369 g/mol. The van der Waals surface area contributed by atoms with E-state index in [1.807, 2.05) is 6.92 Å². The van der Waals surface area contributed by atoms with Gasteiger partial charge in [-0.2, -0.15) is 0 Å². The van der Waals surface area contributed by atoms with Crippen LogP contribution in [0.25, 0.3) is 0 Å². The quantitative estimate of drug-likeness (QED) is 0.237. The molecule has 0 aromatic heterocycles. The molecule has 0 aliphatic rings. The first-order chi connectivity index (χ1) is 9.42. The summed E-state index contributed by atoms with van der Waals surface area (Å²) >= 11 is 15.3. The number of oxime groups is 1. The minimum Gasteiger partial charge on any atom is -0.409 e. The predicted octanol–water partition coefficient (Wildman–Crippen LogP) is 3.86. The van der Waals surface area contributed by atoms with Crippen molar-refractivity contribution in [2.24, 2.45) is 16.8 Å². The summed E-state index contributed by atoms with van der Waals surface area (Å²) in [6.07, 6.45) is 1.17. The van der Waals surface area contributed by atoms with Gasteiger partial charge >= 0.3 is 0 Å². The molecule has 20 heavy (non-hydrogen) atoms. The van der Waals surface area contributed by atoms with Crippen molar-refractivity contribution >= 4 is 56.6 Å². The molecule has 0 aliphatic carbocycles. The Labute approximate surface area is 135 Å². The van der Waals surface area contributed by atoms with Gasteiger partial charge in [0.25, 0.3) is 0 Å². The lowest BCUT2D eigenvalue weighted by Gasteiger charge is -2.16. The monoisotopic (exact) mass is 381 g/mol. The number of halogens is 3. The first kappa shape index (κ1) is 17.1. The van der Waals surface area contributed by atoms with E-state index >= 15 is 0 Å². The number of amidine groups is 1. The Balaban J connectivity index is 2.97. The van der Waals surface area contributed by atoms with Crippen LogP contribution >= 0.6 is 39.1 Å². The van der Waals surface area contributed by atoms with E-state index in [2.05, 4.69) is 26.4 Å². The van der Waals surface area contributed by atoms with Crippen molar-refractivity contribution in [3.8, 4) is 0 Å². The highest BCUT2D eigenvalue weighted by Crippen LogP contribution is 2.36. The normalized spacial score (nSPS) is 13.1. The molecule has 1 amide bonds. The highest BCUT2D eigenvalue weighted by Gasteiger charge is 2.23. The zero-order chi connectivity index (χ0) is 15.3. The maximum atomic E-state index is 12.2. The average molecular weight is 383 g/mol. The Bertz CT molecular complexity index is 538. The molecule has 0 saturated heterocycles. The lowest BCUT2D eigenvalue weighted by atomic mass is 10.0. The van der Waals surface area contributed by atoms with Gasteiger partial charge in [-0.1, -0.05) is 41.7 Å². The molecule has 1 aromatic carbocycles. The van der Waals surface area contributed by atoms with Gasteiger partial charge in [-0.05, 0) is 34.5 Å². The molecule has 1 rings (SSSR count). The van der Waals surface area contributed by atoms with E-state index in [-0.39, 0.29) is 10.9 Å². The number of carbonyl (C=O) groups is 1. The fraction of sp³-hybridized carbons (Fsp3) is 0.333. The smallest absolute Gasteiger partial charge is 0.235 e. The second-order valence-corrected chi connectivity index (χ2v) is 5.69. The van der Waals surface area contributed by atoms with E-state index in [0.29, 0.717) is 28.0 Å². The van der Waals surface area contributed by atoms with Crippen LogP contribution in [0, 0.1) is 5.92 Å². The van der Waals surface area contributed by atoms with Crippen LogP contribution < -0.4 is 11.1 Å². The average Bonchev–Trinajstić information content (AvgIpc) is 2.44. The summed E-state index contributed by atoms with van der Waals surface area (Å²) in [5.41, 5.74) is 5.89. The molecule has 8 heteroatoms. The second-order valence-electron chi connectivity index (χ2n) is 4.08. The number of carbonyl (C=O) groups excluding carboxylic acids is 1. The zero-order valence-corrected chi connectivity index (χ0v) is 13.8. The molecule has 1 aromatic rings. The molecular formula is C12H14BrCl2N3O2. The van der Waals surface area contributed by atoms with Gasteiger partial charge < -0.3 is 16.3 Å². The summed E-state index contributed by atoms with van der Waals surface area (Å²) in [6, 6.07) is 3.29. The van der Waals surface area contributed by atoms with Crippen molar-refractivity contribution in [1.82, 2.24) is 0 Å². The van der Waals surface area contributed by atoms with Gasteiger partial charge in [-0.15, -0.1) is 0 Å². The van der Waals surface area contributed by atoms with E-state index in [4.69, 9.17) is 34.1 Å². The van der Waals surface area contributed by atoms with Gasteiger partial charge in [0, 0.05) is 4.47 Å². The maximum Gasteiger partial charge on any atom is 0.235 e. The van der Waals surface area contributed by atoms with Crippen molar-refractivity contribution in [2.45, 2.75) is 19.8 Å². The summed E-state index contributed by atoms with van der Waals surface area (Å²) in [6.45, 7) is 1.90.